The molecule has 1 heterocycles. The zero-order chi connectivity index (χ0) is 16.2. The van der Waals surface area contributed by atoms with Gasteiger partial charge in [0.1, 0.15) is 5.75 Å². The molecule has 0 spiro atoms. The van der Waals surface area contributed by atoms with Crippen molar-refractivity contribution in [3.05, 3.63) is 29.8 Å². The molecule has 1 atom stereocenters. The molecule has 0 saturated carbocycles. The smallest absolute Gasteiger partial charge is 0.350 e. The van der Waals surface area contributed by atoms with E-state index in [0.717, 1.165) is 0 Å². The Morgan fingerprint density at radius 1 is 1.23 bits per heavy atom. The summed E-state index contributed by atoms with van der Waals surface area (Å²) in [5, 5.41) is 0. The normalized spacial score (nSPS) is 19.8. The second-order valence-corrected chi connectivity index (χ2v) is 5.11. The molecule has 1 aromatic rings. The van der Waals surface area contributed by atoms with Gasteiger partial charge in [0.15, 0.2) is 5.78 Å². The molecule has 0 fully saturated rings. The monoisotopic (exact) mass is 306 g/mol. The van der Waals surface area contributed by atoms with Crippen LogP contribution >= 0.6 is 0 Å². The van der Waals surface area contributed by atoms with Crippen molar-refractivity contribution in [2.75, 3.05) is 14.2 Å². The summed E-state index contributed by atoms with van der Waals surface area (Å²) in [6.07, 6.45) is 0.609. The number of esters is 2. The van der Waals surface area contributed by atoms with Gasteiger partial charge in [-0.25, -0.2) is 4.79 Å². The number of ether oxygens (including phenoxy) is 3. The summed E-state index contributed by atoms with van der Waals surface area (Å²) >= 11 is 0. The standard InChI is InChI=1S/C16H18O6/c1-20-14(18)8-5-9-16(15(19)21-2)10-12(17)11-6-3-4-7-13(11)22-16/h3-4,6-7H,5,8-10H2,1-2H3. The maximum absolute atomic E-state index is 12.3. The summed E-state index contributed by atoms with van der Waals surface area (Å²) < 4.78 is 15.2. The maximum atomic E-state index is 12.3. The van der Waals surface area contributed by atoms with Gasteiger partial charge in [0.25, 0.3) is 0 Å². The highest BCUT2D eigenvalue weighted by Crippen LogP contribution is 2.36. The van der Waals surface area contributed by atoms with E-state index >= 15 is 0 Å². The Balaban J connectivity index is 2.23. The molecule has 0 amide bonds. The third-order valence-electron chi connectivity index (χ3n) is 3.69. The van der Waals surface area contributed by atoms with Gasteiger partial charge < -0.3 is 14.2 Å². The highest BCUT2D eigenvalue weighted by atomic mass is 16.6. The number of Topliss-reactive ketones (excluding diaryl/α,β-unsaturated/α-hetero) is 1. The summed E-state index contributed by atoms with van der Waals surface area (Å²) in [7, 11) is 2.55. The third kappa shape index (κ3) is 3.10. The molecule has 6 nitrogen and oxygen atoms in total. The fraction of sp³-hybridized carbons (Fsp3) is 0.438. The quantitative estimate of drug-likeness (QED) is 0.773. The van der Waals surface area contributed by atoms with Crippen molar-refractivity contribution in [2.45, 2.75) is 31.3 Å². The Morgan fingerprint density at radius 3 is 2.64 bits per heavy atom. The van der Waals surface area contributed by atoms with Crippen molar-refractivity contribution in [1.29, 1.82) is 0 Å². The average Bonchev–Trinajstić information content (AvgIpc) is 2.53. The van der Waals surface area contributed by atoms with Crippen LogP contribution in [0, 0.1) is 0 Å². The molecule has 1 aliphatic rings. The van der Waals surface area contributed by atoms with Crippen LogP contribution in [0.1, 0.15) is 36.0 Å². The summed E-state index contributed by atoms with van der Waals surface area (Å²) in [6.45, 7) is 0. The SMILES string of the molecule is COC(=O)CCCC1(C(=O)OC)CC(=O)c2ccccc2O1. The van der Waals surface area contributed by atoms with Gasteiger partial charge in [0, 0.05) is 6.42 Å². The Bertz CT molecular complexity index is 594. The van der Waals surface area contributed by atoms with Gasteiger partial charge in [-0.1, -0.05) is 12.1 Å². The van der Waals surface area contributed by atoms with Gasteiger partial charge in [-0.2, -0.15) is 0 Å². The van der Waals surface area contributed by atoms with Crippen LogP contribution in [-0.2, 0) is 19.1 Å². The van der Waals surface area contributed by atoms with Crippen molar-refractivity contribution < 1.29 is 28.6 Å². The van der Waals surface area contributed by atoms with E-state index in [1.165, 1.54) is 14.2 Å². The summed E-state index contributed by atoms with van der Waals surface area (Å²) in [5.74, 6) is -0.796. The predicted octanol–water partition coefficient (Wildman–Crippen LogP) is 1.91. The molecule has 0 radical (unpaired) electrons. The first-order valence-electron chi connectivity index (χ1n) is 6.99. The van der Waals surface area contributed by atoms with Crippen LogP contribution in [0.25, 0.3) is 0 Å². The highest BCUT2D eigenvalue weighted by Gasteiger charge is 2.47. The fourth-order valence-corrected chi connectivity index (χ4v) is 2.55. The molecule has 118 valence electrons. The number of rotatable bonds is 5. The van der Waals surface area contributed by atoms with E-state index in [0.29, 0.717) is 17.7 Å². The molecule has 0 aromatic heterocycles. The van der Waals surface area contributed by atoms with Gasteiger partial charge in [0.2, 0.25) is 5.60 Å². The first-order chi connectivity index (χ1) is 10.5. The van der Waals surface area contributed by atoms with E-state index in [4.69, 9.17) is 9.47 Å². The highest BCUT2D eigenvalue weighted by molar-refractivity contribution is 6.03. The lowest BCUT2D eigenvalue weighted by Crippen LogP contribution is -2.49. The van der Waals surface area contributed by atoms with Crippen LogP contribution in [0.3, 0.4) is 0 Å². The van der Waals surface area contributed by atoms with Crippen LogP contribution in [0.2, 0.25) is 0 Å². The van der Waals surface area contributed by atoms with Crippen molar-refractivity contribution in [2.24, 2.45) is 0 Å². The van der Waals surface area contributed by atoms with Crippen LogP contribution in [0.15, 0.2) is 24.3 Å². The minimum absolute atomic E-state index is 0.0993. The van der Waals surface area contributed by atoms with Crippen molar-refractivity contribution >= 4 is 17.7 Å². The van der Waals surface area contributed by atoms with Crippen LogP contribution in [-0.4, -0.2) is 37.5 Å². The van der Waals surface area contributed by atoms with Crippen molar-refractivity contribution in [3.63, 3.8) is 0 Å². The first-order valence-corrected chi connectivity index (χ1v) is 6.99. The molecule has 0 bridgehead atoms. The topological polar surface area (TPSA) is 78.9 Å². The Hall–Kier alpha value is -2.37. The predicted molar refractivity (Wildman–Crippen MR) is 76.6 cm³/mol. The van der Waals surface area contributed by atoms with Crippen LogP contribution in [0.5, 0.6) is 5.75 Å². The number of hydrogen-bond acceptors (Lipinski definition) is 6. The minimum Gasteiger partial charge on any atom is -0.474 e. The Kier molecular flexibility index (Phi) is 4.80. The minimum atomic E-state index is -1.38. The van der Waals surface area contributed by atoms with E-state index in [9.17, 15) is 14.4 Å². The molecule has 22 heavy (non-hydrogen) atoms. The largest absolute Gasteiger partial charge is 0.474 e. The number of para-hydroxylation sites is 1. The number of benzene rings is 1. The van der Waals surface area contributed by atoms with Gasteiger partial charge in [-0.15, -0.1) is 0 Å². The first kappa shape index (κ1) is 16.0. The van der Waals surface area contributed by atoms with Crippen molar-refractivity contribution in [3.8, 4) is 5.75 Å². The molecule has 0 saturated heterocycles. The zero-order valence-corrected chi connectivity index (χ0v) is 12.6. The summed E-state index contributed by atoms with van der Waals surface area (Å²) in [4.78, 5) is 35.7. The third-order valence-corrected chi connectivity index (χ3v) is 3.69. The number of methoxy groups -OCH3 is 2. The molecule has 0 N–H and O–H groups in total. The Labute approximate surface area is 128 Å². The van der Waals surface area contributed by atoms with Crippen molar-refractivity contribution in [1.82, 2.24) is 0 Å². The van der Waals surface area contributed by atoms with Crippen LogP contribution < -0.4 is 4.74 Å². The van der Waals surface area contributed by atoms with E-state index in [1.807, 2.05) is 0 Å². The van der Waals surface area contributed by atoms with E-state index in [2.05, 4.69) is 4.74 Å². The fourth-order valence-electron chi connectivity index (χ4n) is 2.55. The molecular weight excluding hydrogens is 288 g/mol. The molecule has 1 aromatic carbocycles. The second kappa shape index (κ2) is 6.60. The number of ketones is 1. The Morgan fingerprint density at radius 2 is 1.95 bits per heavy atom. The van der Waals surface area contributed by atoms with Gasteiger partial charge >= 0.3 is 11.9 Å². The van der Waals surface area contributed by atoms with Gasteiger partial charge in [-0.05, 0) is 25.0 Å². The number of carbonyl (C=O) groups is 3. The molecule has 2 rings (SSSR count). The molecule has 0 aliphatic carbocycles. The molecule has 6 heteroatoms. The van der Waals surface area contributed by atoms with E-state index in [1.54, 1.807) is 24.3 Å². The number of hydrogen-bond donors (Lipinski definition) is 0. The van der Waals surface area contributed by atoms with E-state index < -0.39 is 11.6 Å². The maximum Gasteiger partial charge on any atom is 0.350 e. The van der Waals surface area contributed by atoms with Crippen LogP contribution in [0.4, 0.5) is 0 Å². The molecule has 1 unspecified atom stereocenters. The van der Waals surface area contributed by atoms with Gasteiger partial charge in [0.05, 0.1) is 26.2 Å². The lowest BCUT2D eigenvalue weighted by Gasteiger charge is -2.35. The number of fused-ring (bicyclic) bond motifs is 1. The molecule has 1 aliphatic heterocycles. The molecular formula is C16H18O6. The summed E-state index contributed by atoms with van der Waals surface area (Å²) in [5.41, 5.74) is -0.927. The summed E-state index contributed by atoms with van der Waals surface area (Å²) in [6, 6.07) is 6.77. The van der Waals surface area contributed by atoms with E-state index in [-0.39, 0.29) is 31.0 Å². The second-order valence-electron chi connectivity index (χ2n) is 5.11. The lowest BCUT2D eigenvalue weighted by atomic mass is 9.86. The lowest BCUT2D eigenvalue weighted by molar-refractivity contribution is -0.160. The zero-order valence-electron chi connectivity index (χ0n) is 12.6. The average molecular weight is 306 g/mol. The number of carbonyl (C=O) groups excluding carboxylic acids is 3. The van der Waals surface area contributed by atoms with Gasteiger partial charge in [-0.3, -0.25) is 9.59 Å².